The molecule has 0 radical (unpaired) electrons. The first-order valence-electron chi connectivity index (χ1n) is 7.49. The third-order valence-electron chi connectivity index (χ3n) is 2.90. The van der Waals surface area contributed by atoms with Crippen LogP contribution >= 0.6 is 11.8 Å². The number of carbonyl (C=O) groups is 1. The second-order valence-corrected chi connectivity index (χ2v) is 6.65. The quantitative estimate of drug-likeness (QED) is 0.466. The van der Waals surface area contributed by atoms with E-state index in [1.54, 1.807) is 0 Å². The average molecular weight is 289 g/mol. The second kappa shape index (κ2) is 10.6. The second-order valence-electron chi connectivity index (χ2n) is 5.42. The Morgan fingerprint density at radius 2 is 1.95 bits per heavy atom. The van der Waals surface area contributed by atoms with Crippen molar-refractivity contribution in [2.75, 3.05) is 18.1 Å². The Hall–Kier alpha value is -0.220. The Bertz CT molecular complexity index is 246. The van der Waals surface area contributed by atoms with Crippen LogP contribution in [0.2, 0.25) is 0 Å². The first-order valence-corrected chi connectivity index (χ1v) is 8.64. The molecule has 1 N–H and O–H groups in total. The molecule has 1 unspecified atom stereocenters. The molecule has 0 spiro atoms. The molecule has 0 aliphatic carbocycles. The number of esters is 1. The molecule has 0 aliphatic heterocycles. The van der Waals surface area contributed by atoms with Gasteiger partial charge in [0.15, 0.2) is 0 Å². The summed E-state index contributed by atoms with van der Waals surface area (Å²) in [6, 6.07) is 0.281. The SMILES string of the molecule is CCCSCCCCC(C)(NC(C)C)C(=O)OCC. The van der Waals surface area contributed by atoms with Gasteiger partial charge in [0.2, 0.25) is 0 Å². The number of unbranched alkanes of at least 4 members (excludes halogenated alkanes) is 1. The van der Waals surface area contributed by atoms with E-state index in [9.17, 15) is 4.79 Å². The maximum atomic E-state index is 12.1. The fraction of sp³-hybridized carbons (Fsp3) is 0.933. The lowest BCUT2D eigenvalue weighted by Crippen LogP contribution is -2.53. The average Bonchev–Trinajstić information content (AvgIpc) is 2.33. The van der Waals surface area contributed by atoms with Crippen molar-refractivity contribution in [3.8, 4) is 0 Å². The highest BCUT2D eigenvalue weighted by molar-refractivity contribution is 7.99. The fourth-order valence-electron chi connectivity index (χ4n) is 2.09. The lowest BCUT2D eigenvalue weighted by Gasteiger charge is -2.30. The molecule has 0 aromatic heterocycles. The lowest BCUT2D eigenvalue weighted by atomic mass is 9.94. The molecule has 1 atom stereocenters. The number of thioether (sulfide) groups is 1. The third-order valence-corrected chi connectivity index (χ3v) is 4.17. The smallest absolute Gasteiger partial charge is 0.326 e. The van der Waals surface area contributed by atoms with E-state index in [4.69, 9.17) is 4.74 Å². The Kier molecular flexibility index (Phi) is 10.4. The summed E-state index contributed by atoms with van der Waals surface area (Å²) < 4.78 is 5.20. The van der Waals surface area contributed by atoms with Crippen molar-refractivity contribution in [3.05, 3.63) is 0 Å². The van der Waals surface area contributed by atoms with Crippen molar-refractivity contribution >= 4 is 17.7 Å². The van der Waals surface area contributed by atoms with Crippen LogP contribution in [-0.4, -0.2) is 35.7 Å². The first-order chi connectivity index (χ1) is 8.96. The summed E-state index contributed by atoms with van der Waals surface area (Å²) in [4.78, 5) is 12.1. The zero-order valence-corrected chi connectivity index (χ0v) is 14.1. The van der Waals surface area contributed by atoms with Gasteiger partial charge in [-0.1, -0.05) is 13.3 Å². The van der Waals surface area contributed by atoms with E-state index in [0.717, 1.165) is 12.8 Å². The zero-order valence-electron chi connectivity index (χ0n) is 13.3. The number of nitrogens with one attached hydrogen (secondary N) is 1. The van der Waals surface area contributed by atoms with Crippen LogP contribution in [0.25, 0.3) is 0 Å². The molecule has 0 fully saturated rings. The number of hydrogen-bond donors (Lipinski definition) is 1. The molecule has 4 heteroatoms. The van der Waals surface area contributed by atoms with Crippen molar-refractivity contribution in [1.29, 1.82) is 0 Å². The van der Waals surface area contributed by atoms with Crippen LogP contribution in [0.5, 0.6) is 0 Å². The normalized spacial score (nSPS) is 14.4. The molecule has 0 heterocycles. The largest absolute Gasteiger partial charge is 0.465 e. The Morgan fingerprint density at radius 1 is 1.26 bits per heavy atom. The molecule has 0 aromatic rings. The summed E-state index contributed by atoms with van der Waals surface area (Å²) in [6.45, 7) is 10.6. The highest BCUT2D eigenvalue weighted by Gasteiger charge is 2.34. The van der Waals surface area contributed by atoms with E-state index in [2.05, 4.69) is 26.1 Å². The van der Waals surface area contributed by atoms with Crippen LogP contribution < -0.4 is 5.32 Å². The number of carbonyl (C=O) groups excluding carboxylic acids is 1. The third kappa shape index (κ3) is 8.53. The van der Waals surface area contributed by atoms with Crippen LogP contribution in [0.15, 0.2) is 0 Å². The van der Waals surface area contributed by atoms with Gasteiger partial charge in [0.05, 0.1) is 6.61 Å². The summed E-state index contributed by atoms with van der Waals surface area (Å²) in [6.07, 6.45) is 4.31. The molecule has 0 rings (SSSR count). The maximum Gasteiger partial charge on any atom is 0.326 e. The van der Waals surface area contributed by atoms with Gasteiger partial charge in [-0.15, -0.1) is 0 Å². The zero-order chi connectivity index (χ0) is 14.7. The van der Waals surface area contributed by atoms with Gasteiger partial charge in [-0.2, -0.15) is 11.8 Å². The van der Waals surface area contributed by atoms with Crippen molar-refractivity contribution in [3.63, 3.8) is 0 Å². The maximum absolute atomic E-state index is 12.1. The van der Waals surface area contributed by atoms with Gasteiger partial charge in [-0.25, -0.2) is 0 Å². The molecule has 0 saturated carbocycles. The first kappa shape index (κ1) is 18.8. The summed E-state index contributed by atoms with van der Waals surface area (Å²) in [7, 11) is 0. The molecule has 3 nitrogen and oxygen atoms in total. The molecule has 114 valence electrons. The van der Waals surface area contributed by atoms with E-state index in [0.29, 0.717) is 6.61 Å². The standard InChI is InChI=1S/C15H31NO2S/c1-6-11-19-12-9-8-10-15(5,16-13(3)4)14(17)18-7-2/h13,16H,6-12H2,1-5H3. The van der Waals surface area contributed by atoms with Gasteiger partial charge < -0.3 is 4.74 Å². The van der Waals surface area contributed by atoms with Crippen LogP contribution in [0.4, 0.5) is 0 Å². The fourth-order valence-corrected chi connectivity index (χ4v) is 2.99. The minimum absolute atomic E-state index is 0.120. The van der Waals surface area contributed by atoms with E-state index in [1.807, 2.05) is 25.6 Å². The van der Waals surface area contributed by atoms with Gasteiger partial charge in [-0.3, -0.25) is 10.1 Å². The van der Waals surface area contributed by atoms with Crippen molar-refractivity contribution in [2.24, 2.45) is 0 Å². The number of hydrogen-bond acceptors (Lipinski definition) is 4. The molecule has 0 amide bonds. The monoisotopic (exact) mass is 289 g/mol. The molecular formula is C15H31NO2S. The lowest BCUT2D eigenvalue weighted by molar-refractivity contribution is -0.151. The number of ether oxygens (including phenoxy) is 1. The van der Waals surface area contributed by atoms with Crippen LogP contribution in [0, 0.1) is 0 Å². The Labute approximate surface area is 123 Å². The van der Waals surface area contributed by atoms with Crippen LogP contribution in [0.1, 0.15) is 60.3 Å². The van der Waals surface area contributed by atoms with Crippen LogP contribution in [-0.2, 0) is 9.53 Å². The van der Waals surface area contributed by atoms with Crippen LogP contribution in [0.3, 0.4) is 0 Å². The molecule has 0 aliphatic rings. The van der Waals surface area contributed by atoms with E-state index >= 15 is 0 Å². The van der Waals surface area contributed by atoms with E-state index in [1.165, 1.54) is 24.3 Å². The highest BCUT2D eigenvalue weighted by atomic mass is 32.2. The Balaban J connectivity index is 4.16. The summed E-state index contributed by atoms with van der Waals surface area (Å²) in [5.41, 5.74) is -0.542. The van der Waals surface area contributed by atoms with Gasteiger partial charge >= 0.3 is 5.97 Å². The van der Waals surface area contributed by atoms with E-state index < -0.39 is 5.54 Å². The molecule has 0 saturated heterocycles. The summed E-state index contributed by atoms with van der Waals surface area (Å²) >= 11 is 2.00. The Morgan fingerprint density at radius 3 is 2.47 bits per heavy atom. The predicted octanol–water partition coefficient (Wildman–Crippen LogP) is 3.62. The summed E-state index contributed by atoms with van der Waals surface area (Å²) in [5, 5.41) is 3.36. The van der Waals surface area contributed by atoms with Crippen molar-refractivity contribution in [1.82, 2.24) is 5.32 Å². The minimum Gasteiger partial charge on any atom is -0.465 e. The van der Waals surface area contributed by atoms with Gasteiger partial charge in [0, 0.05) is 6.04 Å². The number of rotatable bonds is 11. The van der Waals surface area contributed by atoms with Crippen molar-refractivity contribution < 1.29 is 9.53 Å². The topological polar surface area (TPSA) is 38.3 Å². The van der Waals surface area contributed by atoms with E-state index in [-0.39, 0.29) is 12.0 Å². The molecule has 0 aromatic carbocycles. The highest BCUT2D eigenvalue weighted by Crippen LogP contribution is 2.18. The van der Waals surface area contributed by atoms with Gasteiger partial charge in [-0.05, 0) is 58.5 Å². The molecule has 0 bridgehead atoms. The van der Waals surface area contributed by atoms with Gasteiger partial charge in [0.25, 0.3) is 0 Å². The summed E-state index contributed by atoms with van der Waals surface area (Å²) in [5.74, 6) is 2.30. The molecular weight excluding hydrogens is 258 g/mol. The molecule has 19 heavy (non-hydrogen) atoms. The minimum atomic E-state index is -0.542. The van der Waals surface area contributed by atoms with Crippen molar-refractivity contribution in [2.45, 2.75) is 71.9 Å². The predicted molar refractivity (Wildman–Crippen MR) is 84.8 cm³/mol. The van der Waals surface area contributed by atoms with Gasteiger partial charge in [0.1, 0.15) is 5.54 Å².